The molecule has 1 unspecified atom stereocenters. The summed E-state index contributed by atoms with van der Waals surface area (Å²) in [5, 5.41) is 2.75. The summed E-state index contributed by atoms with van der Waals surface area (Å²) in [5.41, 5.74) is 1.19. The topological polar surface area (TPSA) is 65.1 Å². The van der Waals surface area contributed by atoms with Crippen molar-refractivity contribution in [2.24, 2.45) is 0 Å². The molecule has 0 bridgehead atoms. The Hall–Kier alpha value is -2.35. The molecule has 0 aliphatic carbocycles. The van der Waals surface area contributed by atoms with Gasteiger partial charge in [0, 0.05) is 38.8 Å². The minimum atomic E-state index is -0.288. The van der Waals surface area contributed by atoms with E-state index in [1.54, 1.807) is 6.07 Å². The summed E-state index contributed by atoms with van der Waals surface area (Å²) in [5.74, 6) is -0.383. The second kappa shape index (κ2) is 7.58. The number of carbonyl (C=O) groups is 2. The second-order valence-corrected chi connectivity index (χ2v) is 7.89. The van der Waals surface area contributed by atoms with Crippen LogP contribution in [-0.2, 0) is 14.3 Å². The number of ether oxygens (including phenoxy) is 1. The molecule has 0 saturated carbocycles. The standard InChI is InChI=1S/C20H27FN4O3/c1-15(27)22-12-19-25(9-10-28-19)16-3-4-18(17(21)11-16)23-8-6-20(13-23)5-2-7-24(20)14-26/h3-4,11,14,19H,2,5-10,12-13H2,1H3,(H,22,27)/t19-,20?/m0/s1. The van der Waals surface area contributed by atoms with Crippen LogP contribution in [0.5, 0.6) is 0 Å². The van der Waals surface area contributed by atoms with Gasteiger partial charge in [0.1, 0.15) is 12.0 Å². The summed E-state index contributed by atoms with van der Waals surface area (Å²) in [7, 11) is 0. The van der Waals surface area contributed by atoms with Crippen LogP contribution in [0.1, 0.15) is 26.2 Å². The molecule has 0 radical (unpaired) electrons. The molecule has 3 fully saturated rings. The fourth-order valence-electron chi connectivity index (χ4n) is 4.77. The average molecular weight is 390 g/mol. The van der Waals surface area contributed by atoms with Gasteiger partial charge in [-0.3, -0.25) is 9.59 Å². The van der Waals surface area contributed by atoms with Crippen molar-refractivity contribution in [1.29, 1.82) is 0 Å². The average Bonchev–Trinajstić information content (AvgIpc) is 3.40. The molecule has 1 aromatic rings. The van der Waals surface area contributed by atoms with Gasteiger partial charge < -0.3 is 24.8 Å². The van der Waals surface area contributed by atoms with E-state index in [4.69, 9.17) is 4.74 Å². The molecule has 1 N–H and O–H groups in total. The van der Waals surface area contributed by atoms with E-state index in [-0.39, 0.29) is 23.5 Å². The lowest BCUT2D eigenvalue weighted by atomic mass is 9.96. The lowest BCUT2D eigenvalue weighted by Crippen LogP contribution is -2.45. The molecule has 0 aromatic heterocycles. The van der Waals surface area contributed by atoms with Gasteiger partial charge in [-0.2, -0.15) is 0 Å². The molecule has 4 rings (SSSR count). The monoisotopic (exact) mass is 390 g/mol. The minimum absolute atomic E-state index is 0.115. The number of nitrogens with zero attached hydrogens (tertiary/aromatic N) is 3. The van der Waals surface area contributed by atoms with E-state index >= 15 is 0 Å². The Kier molecular flexibility index (Phi) is 5.14. The van der Waals surface area contributed by atoms with Gasteiger partial charge in [0.15, 0.2) is 0 Å². The number of rotatable bonds is 5. The SMILES string of the molecule is CC(=O)NC[C@@H]1OCCN1c1ccc(N2CCC3(CCCN3C=O)C2)c(F)c1. The van der Waals surface area contributed by atoms with Crippen molar-refractivity contribution in [2.45, 2.75) is 38.0 Å². The highest BCUT2D eigenvalue weighted by Crippen LogP contribution is 2.39. The lowest BCUT2D eigenvalue weighted by Gasteiger charge is -2.32. The number of anilines is 2. The zero-order valence-electron chi connectivity index (χ0n) is 16.2. The van der Waals surface area contributed by atoms with Crippen LogP contribution in [0.25, 0.3) is 0 Å². The first kappa shape index (κ1) is 19.0. The normalized spacial score (nSPS) is 27.1. The Labute approximate surface area is 164 Å². The maximum absolute atomic E-state index is 15.0. The van der Waals surface area contributed by atoms with Crippen LogP contribution in [-0.4, -0.2) is 68.3 Å². The van der Waals surface area contributed by atoms with Crippen LogP contribution in [0.15, 0.2) is 18.2 Å². The molecule has 3 aliphatic heterocycles. The van der Waals surface area contributed by atoms with E-state index in [0.717, 1.165) is 44.4 Å². The Morgan fingerprint density at radius 1 is 1.36 bits per heavy atom. The predicted molar refractivity (Wildman–Crippen MR) is 104 cm³/mol. The molecule has 1 spiro atoms. The first-order valence-electron chi connectivity index (χ1n) is 9.92. The van der Waals surface area contributed by atoms with E-state index in [0.29, 0.717) is 31.9 Å². The number of amides is 2. The van der Waals surface area contributed by atoms with Gasteiger partial charge in [0.2, 0.25) is 12.3 Å². The summed E-state index contributed by atoms with van der Waals surface area (Å²) >= 11 is 0. The Bertz CT molecular complexity index is 761. The number of benzene rings is 1. The smallest absolute Gasteiger partial charge is 0.217 e. The van der Waals surface area contributed by atoms with Crippen LogP contribution in [0, 0.1) is 5.82 Å². The van der Waals surface area contributed by atoms with Gasteiger partial charge in [0.25, 0.3) is 0 Å². The molecule has 3 saturated heterocycles. The number of carbonyl (C=O) groups excluding carboxylic acids is 2. The van der Waals surface area contributed by atoms with E-state index in [2.05, 4.69) is 10.2 Å². The molecule has 2 atom stereocenters. The van der Waals surface area contributed by atoms with Crippen LogP contribution >= 0.6 is 0 Å². The van der Waals surface area contributed by atoms with Gasteiger partial charge >= 0.3 is 0 Å². The summed E-state index contributed by atoms with van der Waals surface area (Å²) in [6, 6.07) is 5.27. The largest absolute Gasteiger partial charge is 0.367 e. The van der Waals surface area contributed by atoms with E-state index in [1.165, 1.54) is 6.92 Å². The first-order valence-corrected chi connectivity index (χ1v) is 9.92. The molecular weight excluding hydrogens is 363 g/mol. The molecule has 152 valence electrons. The molecule has 3 aliphatic rings. The number of hydrogen-bond donors (Lipinski definition) is 1. The first-order chi connectivity index (χ1) is 13.5. The molecule has 1 aromatic carbocycles. The van der Waals surface area contributed by atoms with Gasteiger partial charge in [-0.1, -0.05) is 0 Å². The Morgan fingerprint density at radius 3 is 2.96 bits per heavy atom. The van der Waals surface area contributed by atoms with Crippen LogP contribution in [0.3, 0.4) is 0 Å². The summed E-state index contributed by atoms with van der Waals surface area (Å²) < 4.78 is 20.7. The third-order valence-corrected chi connectivity index (χ3v) is 6.23. The third-order valence-electron chi connectivity index (χ3n) is 6.23. The molecule has 7 nitrogen and oxygen atoms in total. The van der Waals surface area contributed by atoms with Crippen LogP contribution in [0.4, 0.5) is 15.8 Å². The number of nitrogens with one attached hydrogen (secondary N) is 1. The highest BCUT2D eigenvalue weighted by atomic mass is 19.1. The van der Waals surface area contributed by atoms with Gasteiger partial charge in [0.05, 0.1) is 24.4 Å². The van der Waals surface area contributed by atoms with Crippen molar-refractivity contribution in [3.63, 3.8) is 0 Å². The van der Waals surface area contributed by atoms with Crippen molar-refractivity contribution >= 4 is 23.7 Å². The van der Waals surface area contributed by atoms with Crippen LogP contribution < -0.4 is 15.1 Å². The predicted octanol–water partition coefficient (Wildman–Crippen LogP) is 1.33. The second-order valence-electron chi connectivity index (χ2n) is 7.89. The van der Waals surface area contributed by atoms with E-state index < -0.39 is 0 Å². The van der Waals surface area contributed by atoms with Crippen molar-refractivity contribution in [1.82, 2.24) is 10.2 Å². The quantitative estimate of drug-likeness (QED) is 0.769. The van der Waals surface area contributed by atoms with Crippen molar-refractivity contribution in [2.75, 3.05) is 49.1 Å². The minimum Gasteiger partial charge on any atom is -0.367 e. The van der Waals surface area contributed by atoms with Crippen molar-refractivity contribution < 1.29 is 18.7 Å². The molecular formula is C20H27FN4O3. The summed E-state index contributed by atoms with van der Waals surface area (Å²) in [4.78, 5) is 28.5. The van der Waals surface area contributed by atoms with E-state index in [9.17, 15) is 14.0 Å². The fourth-order valence-corrected chi connectivity index (χ4v) is 4.77. The number of likely N-dealkylation sites (tertiary alicyclic amines) is 1. The molecule has 2 amide bonds. The van der Waals surface area contributed by atoms with E-state index in [1.807, 2.05) is 21.9 Å². The molecule has 3 heterocycles. The highest BCUT2D eigenvalue weighted by Gasteiger charge is 2.46. The fraction of sp³-hybridized carbons (Fsp3) is 0.600. The maximum Gasteiger partial charge on any atom is 0.217 e. The Balaban J connectivity index is 1.48. The van der Waals surface area contributed by atoms with Crippen molar-refractivity contribution in [3.8, 4) is 0 Å². The van der Waals surface area contributed by atoms with Gasteiger partial charge in [-0.15, -0.1) is 0 Å². The maximum atomic E-state index is 15.0. The highest BCUT2D eigenvalue weighted by molar-refractivity contribution is 5.73. The Morgan fingerprint density at radius 2 is 2.21 bits per heavy atom. The van der Waals surface area contributed by atoms with Crippen LogP contribution in [0.2, 0.25) is 0 Å². The summed E-state index contributed by atoms with van der Waals surface area (Å²) in [6.07, 6.45) is 3.53. The zero-order valence-corrected chi connectivity index (χ0v) is 16.2. The van der Waals surface area contributed by atoms with Gasteiger partial charge in [-0.25, -0.2) is 4.39 Å². The lowest BCUT2D eigenvalue weighted by molar-refractivity contribution is -0.121. The number of halogens is 1. The van der Waals surface area contributed by atoms with Crippen molar-refractivity contribution in [3.05, 3.63) is 24.0 Å². The number of hydrogen-bond acceptors (Lipinski definition) is 5. The zero-order chi connectivity index (χ0) is 19.7. The van der Waals surface area contributed by atoms with Gasteiger partial charge in [-0.05, 0) is 37.5 Å². The molecule has 28 heavy (non-hydrogen) atoms. The summed E-state index contributed by atoms with van der Waals surface area (Å²) in [6.45, 7) is 5.26. The molecule has 8 heteroatoms. The third kappa shape index (κ3) is 3.41.